The first kappa shape index (κ1) is 12.9. The van der Waals surface area contributed by atoms with Crippen LogP contribution in [0.3, 0.4) is 0 Å². The van der Waals surface area contributed by atoms with Crippen LogP contribution in [0.5, 0.6) is 0 Å². The van der Waals surface area contributed by atoms with Crippen molar-refractivity contribution in [3.8, 4) is 0 Å². The third-order valence-corrected chi connectivity index (χ3v) is 3.37. The van der Waals surface area contributed by atoms with Gasteiger partial charge in [-0.1, -0.05) is 11.6 Å². The second-order valence-electron chi connectivity index (χ2n) is 3.15. The Hall–Kier alpha value is -0.130. The molecule has 0 saturated heterocycles. The highest BCUT2D eigenvalue weighted by Gasteiger charge is 2.06. The molecule has 0 amide bonds. The average Bonchev–Trinajstić information content (AvgIpc) is 2.64. The zero-order chi connectivity index (χ0) is 11.1. The fourth-order valence-corrected chi connectivity index (χ4v) is 2.26. The van der Waals surface area contributed by atoms with Crippen LogP contribution in [0.1, 0.15) is 17.8 Å². The van der Waals surface area contributed by atoms with Gasteiger partial charge in [-0.15, -0.1) is 11.3 Å². The molecule has 1 aromatic rings. The summed E-state index contributed by atoms with van der Waals surface area (Å²) >= 11 is 7.43. The lowest BCUT2D eigenvalue weighted by atomic mass is 10.3. The summed E-state index contributed by atoms with van der Waals surface area (Å²) in [4.78, 5) is 1.22. The van der Waals surface area contributed by atoms with Crippen LogP contribution in [-0.2, 0) is 4.74 Å². The SMILES string of the molecule is CC(NCCOCCO)c1ccc(Cl)s1. The largest absolute Gasteiger partial charge is 0.394 e. The van der Waals surface area contributed by atoms with Crippen LogP contribution >= 0.6 is 22.9 Å². The molecule has 1 atom stereocenters. The van der Waals surface area contributed by atoms with Crippen molar-refractivity contribution in [2.45, 2.75) is 13.0 Å². The van der Waals surface area contributed by atoms with Crippen molar-refractivity contribution >= 4 is 22.9 Å². The van der Waals surface area contributed by atoms with Gasteiger partial charge in [0.15, 0.2) is 0 Å². The lowest BCUT2D eigenvalue weighted by Gasteiger charge is -2.11. The van der Waals surface area contributed by atoms with Crippen molar-refractivity contribution < 1.29 is 9.84 Å². The first-order valence-electron chi connectivity index (χ1n) is 4.91. The highest BCUT2D eigenvalue weighted by Crippen LogP contribution is 2.26. The van der Waals surface area contributed by atoms with E-state index in [9.17, 15) is 0 Å². The highest BCUT2D eigenvalue weighted by atomic mass is 35.5. The molecule has 0 aromatic carbocycles. The third kappa shape index (κ3) is 4.95. The topological polar surface area (TPSA) is 41.5 Å². The zero-order valence-electron chi connectivity index (χ0n) is 8.70. The maximum Gasteiger partial charge on any atom is 0.0931 e. The van der Waals surface area contributed by atoms with Gasteiger partial charge < -0.3 is 15.2 Å². The van der Waals surface area contributed by atoms with Gasteiger partial charge >= 0.3 is 0 Å². The third-order valence-electron chi connectivity index (χ3n) is 1.95. The molecule has 5 heteroatoms. The molecular formula is C10H16ClNO2S. The molecule has 0 aliphatic carbocycles. The van der Waals surface area contributed by atoms with Crippen LogP contribution in [-0.4, -0.2) is 31.5 Å². The lowest BCUT2D eigenvalue weighted by molar-refractivity contribution is 0.0929. The van der Waals surface area contributed by atoms with Gasteiger partial charge in [-0.05, 0) is 19.1 Å². The van der Waals surface area contributed by atoms with Gasteiger partial charge in [0.05, 0.1) is 24.2 Å². The number of nitrogens with one attached hydrogen (secondary N) is 1. The molecule has 0 aliphatic rings. The summed E-state index contributed by atoms with van der Waals surface area (Å²) in [6.07, 6.45) is 0. The van der Waals surface area contributed by atoms with Crippen LogP contribution < -0.4 is 5.32 Å². The fraction of sp³-hybridized carbons (Fsp3) is 0.600. The molecule has 0 saturated carbocycles. The van der Waals surface area contributed by atoms with Crippen LogP contribution in [0.2, 0.25) is 4.34 Å². The van der Waals surface area contributed by atoms with E-state index in [2.05, 4.69) is 12.2 Å². The first-order chi connectivity index (χ1) is 7.24. The molecule has 1 heterocycles. The summed E-state index contributed by atoms with van der Waals surface area (Å²) in [5, 5.41) is 11.8. The number of aliphatic hydroxyl groups is 1. The van der Waals surface area contributed by atoms with E-state index in [-0.39, 0.29) is 6.61 Å². The van der Waals surface area contributed by atoms with Gasteiger partial charge in [-0.25, -0.2) is 0 Å². The minimum Gasteiger partial charge on any atom is -0.394 e. The predicted octanol–water partition coefficient (Wildman–Crippen LogP) is 2.06. The van der Waals surface area contributed by atoms with E-state index in [1.807, 2.05) is 12.1 Å². The molecule has 0 fully saturated rings. The Balaban J connectivity index is 2.16. The second kappa shape index (κ2) is 7.19. The molecule has 1 unspecified atom stereocenters. The Morgan fingerprint density at radius 3 is 2.93 bits per heavy atom. The number of hydrogen-bond acceptors (Lipinski definition) is 4. The zero-order valence-corrected chi connectivity index (χ0v) is 10.3. The first-order valence-corrected chi connectivity index (χ1v) is 6.10. The van der Waals surface area contributed by atoms with E-state index in [4.69, 9.17) is 21.4 Å². The number of rotatable bonds is 7. The lowest BCUT2D eigenvalue weighted by Crippen LogP contribution is -2.23. The number of aliphatic hydroxyl groups excluding tert-OH is 1. The van der Waals surface area contributed by atoms with Gasteiger partial charge in [-0.2, -0.15) is 0 Å². The molecule has 0 aliphatic heterocycles. The van der Waals surface area contributed by atoms with Crippen molar-refractivity contribution in [1.29, 1.82) is 0 Å². The van der Waals surface area contributed by atoms with Crippen molar-refractivity contribution in [3.63, 3.8) is 0 Å². The minimum absolute atomic E-state index is 0.0795. The monoisotopic (exact) mass is 249 g/mol. The van der Waals surface area contributed by atoms with Gasteiger partial charge in [0, 0.05) is 17.5 Å². The Labute approximate surface area is 99.0 Å². The molecule has 86 valence electrons. The Bertz CT molecular complexity index is 280. The van der Waals surface area contributed by atoms with Gasteiger partial charge in [-0.3, -0.25) is 0 Å². The summed E-state index contributed by atoms with van der Waals surface area (Å²) in [6.45, 7) is 3.96. The summed E-state index contributed by atoms with van der Waals surface area (Å²) in [5.74, 6) is 0. The smallest absolute Gasteiger partial charge is 0.0931 e. The van der Waals surface area contributed by atoms with E-state index < -0.39 is 0 Å². The standard InChI is InChI=1S/C10H16ClNO2S/c1-8(9-2-3-10(11)15-9)12-4-6-14-7-5-13/h2-3,8,12-13H,4-7H2,1H3. The second-order valence-corrected chi connectivity index (χ2v) is 4.90. The molecule has 15 heavy (non-hydrogen) atoms. The van der Waals surface area contributed by atoms with Gasteiger partial charge in [0.2, 0.25) is 0 Å². The maximum absolute atomic E-state index is 8.50. The maximum atomic E-state index is 8.50. The van der Waals surface area contributed by atoms with Crippen molar-refractivity contribution in [2.24, 2.45) is 0 Å². The molecule has 0 spiro atoms. The number of halogens is 1. The molecule has 1 rings (SSSR count). The van der Waals surface area contributed by atoms with E-state index in [1.165, 1.54) is 4.88 Å². The fourth-order valence-electron chi connectivity index (χ4n) is 1.18. The average molecular weight is 250 g/mol. The van der Waals surface area contributed by atoms with Crippen molar-refractivity contribution in [3.05, 3.63) is 21.3 Å². The van der Waals surface area contributed by atoms with Crippen LogP contribution in [0.15, 0.2) is 12.1 Å². The summed E-state index contributed by atoms with van der Waals surface area (Å²) in [6, 6.07) is 4.22. The van der Waals surface area contributed by atoms with Crippen molar-refractivity contribution in [1.82, 2.24) is 5.32 Å². The molecule has 2 N–H and O–H groups in total. The molecule has 1 aromatic heterocycles. The number of hydrogen-bond donors (Lipinski definition) is 2. The Morgan fingerprint density at radius 2 is 2.33 bits per heavy atom. The number of thiophene rings is 1. The summed E-state index contributed by atoms with van der Waals surface area (Å²) in [7, 11) is 0. The summed E-state index contributed by atoms with van der Waals surface area (Å²) < 4.78 is 5.95. The highest BCUT2D eigenvalue weighted by molar-refractivity contribution is 7.16. The van der Waals surface area contributed by atoms with Crippen LogP contribution in [0.4, 0.5) is 0 Å². The van der Waals surface area contributed by atoms with Gasteiger partial charge in [0.25, 0.3) is 0 Å². The van der Waals surface area contributed by atoms with E-state index in [1.54, 1.807) is 11.3 Å². The number of ether oxygens (including phenoxy) is 1. The van der Waals surface area contributed by atoms with E-state index in [0.29, 0.717) is 19.3 Å². The summed E-state index contributed by atoms with van der Waals surface area (Å²) in [5.41, 5.74) is 0. The van der Waals surface area contributed by atoms with E-state index >= 15 is 0 Å². The van der Waals surface area contributed by atoms with Gasteiger partial charge in [0.1, 0.15) is 0 Å². The molecule has 3 nitrogen and oxygen atoms in total. The predicted molar refractivity (Wildman–Crippen MR) is 63.7 cm³/mol. The van der Waals surface area contributed by atoms with Crippen LogP contribution in [0.25, 0.3) is 0 Å². The minimum atomic E-state index is 0.0795. The Kier molecular flexibility index (Phi) is 6.20. The van der Waals surface area contributed by atoms with Crippen LogP contribution in [0, 0.1) is 0 Å². The molecular weight excluding hydrogens is 234 g/mol. The molecule has 0 radical (unpaired) electrons. The quantitative estimate of drug-likeness (QED) is 0.727. The normalized spacial score (nSPS) is 13.0. The molecule has 0 bridgehead atoms. The van der Waals surface area contributed by atoms with E-state index in [0.717, 1.165) is 10.9 Å². The van der Waals surface area contributed by atoms with Crippen molar-refractivity contribution in [2.75, 3.05) is 26.4 Å². The Morgan fingerprint density at radius 1 is 1.53 bits per heavy atom.